The van der Waals surface area contributed by atoms with Crippen LogP contribution in [0.5, 0.6) is 0 Å². The van der Waals surface area contributed by atoms with Gasteiger partial charge in [-0.3, -0.25) is 24.0 Å². The molecule has 0 unspecified atom stereocenters. The molecule has 8 atom stereocenters. The Hall–Kier alpha value is -2.91. The Balaban J connectivity index is 1.31. The highest BCUT2D eigenvalue weighted by atomic mass is 16.5. The largest absolute Gasteiger partial charge is 0.481 e. The predicted octanol–water partition coefficient (Wildman–Crippen LogP) is 8.47. The molecule has 10 heteroatoms. The number of allylic oxidation sites excluding steroid dienone is 2. The minimum atomic E-state index is -1.05. The maximum absolute atomic E-state index is 14.4. The van der Waals surface area contributed by atoms with Crippen LogP contribution in [0.3, 0.4) is 0 Å². The van der Waals surface area contributed by atoms with Crippen molar-refractivity contribution in [2.45, 2.75) is 171 Å². The van der Waals surface area contributed by atoms with Crippen LogP contribution in [-0.2, 0) is 28.7 Å². The summed E-state index contributed by atoms with van der Waals surface area (Å²) in [7, 11) is 0. The fourth-order valence-corrected chi connectivity index (χ4v) is 13.1. The maximum atomic E-state index is 14.4. The lowest BCUT2D eigenvalue weighted by atomic mass is 9.33. The van der Waals surface area contributed by atoms with Crippen molar-refractivity contribution in [1.82, 2.24) is 10.6 Å². The molecule has 310 valence electrons. The number of aliphatic carboxylic acids is 2. The first-order valence-corrected chi connectivity index (χ1v) is 21.3. The van der Waals surface area contributed by atoms with Crippen LogP contribution in [0.1, 0.15) is 165 Å². The monoisotopic (exact) mass is 769 g/mol. The molecule has 0 saturated heterocycles. The molecule has 4 fully saturated rings. The van der Waals surface area contributed by atoms with Crippen LogP contribution in [0, 0.1) is 55.7 Å². The third kappa shape index (κ3) is 8.26. The number of unbranched alkanes of at least 4 members (excludes halogenated alkanes) is 2. The van der Waals surface area contributed by atoms with E-state index < -0.39 is 22.8 Å². The lowest BCUT2D eigenvalue weighted by molar-refractivity contribution is -0.213. The summed E-state index contributed by atoms with van der Waals surface area (Å²) in [6, 6.07) is 0. The number of carboxylic acids is 2. The summed E-state index contributed by atoms with van der Waals surface area (Å²) in [6.07, 6.45) is 14.7. The Morgan fingerprint density at radius 1 is 0.800 bits per heavy atom. The molecule has 0 aromatic rings. The van der Waals surface area contributed by atoms with Crippen molar-refractivity contribution in [2.24, 2.45) is 55.7 Å². The predicted molar refractivity (Wildman–Crippen MR) is 212 cm³/mol. The van der Waals surface area contributed by atoms with E-state index in [0.717, 1.165) is 77.0 Å². The average Bonchev–Trinajstić information content (AvgIpc) is 3.05. The zero-order chi connectivity index (χ0) is 40.8. The molecule has 0 radical (unpaired) electrons. The van der Waals surface area contributed by atoms with Crippen LogP contribution in [0.25, 0.3) is 0 Å². The molecule has 55 heavy (non-hydrogen) atoms. The maximum Gasteiger partial charge on any atom is 0.322 e. The molecular formula is C45H72N2O8. The second kappa shape index (κ2) is 15.4. The highest BCUT2D eigenvalue weighted by Crippen LogP contribution is 2.76. The molecule has 5 rings (SSSR count). The summed E-state index contributed by atoms with van der Waals surface area (Å²) in [5.74, 6) is -1.25. The molecular weight excluding hydrogens is 697 g/mol. The molecule has 5 aliphatic carbocycles. The number of nitrogens with one attached hydrogen (secondary N) is 2. The average molecular weight is 769 g/mol. The van der Waals surface area contributed by atoms with E-state index in [1.165, 1.54) is 5.57 Å². The molecule has 0 aromatic carbocycles. The third-order valence-corrected chi connectivity index (χ3v) is 16.4. The Labute approximate surface area is 330 Å². The van der Waals surface area contributed by atoms with Crippen molar-refractivity contribution in [3.63, 3.8) is 0 Å². The Kier molecular flexibility index (Phi) is 12.1. The molecule has 4 saturated carbocycles. The van der Waals surface area contributed by atoms with Crippen LogP contribution in [0.2, 0.25) is 0 Å². The number of ether oxygens (including phenoxy) is 1. The highest BCUT2D eigenvalue weighted by Gasteiger charge is 2.69. The number of carbonyl (C=O) groups is 5. The minimum absolute atomic E-state index is 0.0177. The van der Waals surface area contributed by atoms with Gasteiger partial charge in [0.25, 0.3) is 0 Å². The number of carbonyl (C=O) groups excluding carboxylic acids is 3. The molecule has 5 aliphatic rings. The SMILES string of the molecule is CC(C)(CC(=O)O)CC(=O)O[C@H]1CC[C@]2(C)[C@H]3CC=C4[C@@H]5CC(C)(C)CC[C@]5(C(=O)NCCCCCC(=O)NCC(=O)O)CC[C@@]4(C)[C@]3(C)CC[C@H]2C1(C)C. The normalized spacial score (nSPS) is 36.1. The van der Waals surface area contributed by atoms with Crippen LogP contribution >= 0.6 is 0 Å². The Bertz CT molecular complexity index is 1550. The quantitative estimate of drug-likeness (QED) is 0.0778. The first-order chi connectivity index (χ1) is 25.4. The van der Waals surface area contributed by atoms with Crippen molar-refractivity contribution in [3.8, 4) is 0 Å². The van der Waals surface area contributed by atoms with Gasteiger partial charge in [-0.25, -0.2) is 0 Å². The Morgan fingerprint density at radius 2 is 1.49 bits per heavy atom. The highest BCUT2D eigenvalue weighted by molar-refractivity contribution is 5.84. The van der Waals surface area contributed by atoms with E-state index in [0.29, 0.717) is 24.8 Å². The summed E-state index contributed by atoms with van der Waals surface area (Å²) in [6.45, 7) is 20.8. The molecule has 0 aliphatic heterocycles. The molecule has 10 nitrogen and oxygen atoms in total. The van der Waals surface area contributed by atoms with Gasteiger partial charge in [0.1, 0.15) is 12.6 Å². The summed E-state index contributed by atoms with van der Waals surface area (Å²) in [4.78, 5) is 61.7. The van der Waals surface area contributed by atoms with Crippen LogP contribution in [0.4, 0.5) is 0 Å². The van der Waals surface area contributed by atoms with Gasteiger partial charge in [0.2, 0.25) is 11.8 Å². The first kappa shape index (κ1) is 43.2. The minimum Gasteiger partial charge on any atom is -0.481 e. The number of hydrogen-bond donors (Lipinski definition) is 4. The summed E-state index contributed by atoms with van der Waals surface area (Å²) in [5.41, 5.74) is 0.515. The van der Waals surface area contributed by atoms with Gasteiger partial charge < -0.3 is 25.6 Å². The smallest absolute Gasteiger partial charge is 0.322 e. The van der Waals surface area contributed by atoms with Gasteiger partial charge in [-0.1, -0.05) is 80.4 Å². The fourth-order valence-electron chi connectivity index (χ4n) is 13.1. The zero-order valence-corrected chi connectivity index (χ0v) is 35.5. The van der Waals surface area contributed by atoms with Gasteiger partial charge in [-0.05, 0) is 122 Å². The molecule has 0 spiro atoms. The van der Waals surface area contributed by atoms with Crippen molar-refractivity contribution in [3.05, 3.63) is 11.6 Å². The number of fused-ring (bicyclic) bond motifs is 7. The summed E-state index contributed by atoms with van der Waals surface area (Å²) >= 11 is 0. The van der Waals surface area contributed by atoms with E-state index in [1.807, 2.05) is 13.8 Å². The van der Waals surface area contributed by atoms with Crippen molar-refractivity contribution in [1.29, 1.82) is 0 Å². The standard InChI is InChI=1S/C45H72N2O8/c1-39(2)20-22-45(38(54)46-24-12-10-11-13-34(48)47-28-36(51)52)23-21-43(8)29(30(45)25-39)14-15-32-42(7)18-17-33(41(5,6)31(42)16-19-44(32,43)9)55-37(53)27-40(3,4)26-35(49)50/h14,30-33H,10-13,15-28H2,1-9H3,(H,46,54)(H,47,48)(H,49,50)(H,51,52)/t30-,31-,32+,33-,42-,43+,44+,45-/m0/s1. The molecule has 0 aromatic heterocycles. The molecule has 0 bridgehead atoms. The summed E-state index contributed by atoms with van der Waals surface area (Å²) < 4.78 is 6.25. The van der Waals surface area contributed by atoms with Crippen LogP contribution in [0.15, 0.2) is 11.6 Å². The van der Waals surface area contributed by atoms with E-state index in [4.69, 9.17) is 9.84 Å². The third-order valence-electron chi connectivity index (χ3n) is 16.4. The van der Waals surface area contributed by atoms with Gasteiger partial charge in [0, 0.05) is 18.4 Å². The van der Waals surface area contributed by atoms with Gasteiger partial charge in [-0.15, -0.1) is 0 Å². The lowest BCUT2D eigenvalue weighted by Gasteiger charge is -2.71. The molecule has 0 heterocycles. The van der Waals surface area contributed by atoms with Crippen LogP contribution in [-0.4, -0.2) is 59.1 Å². The topological polar surface area (TPSA) is 159 Å². The molecule has 4 N–H and O–H groups in total. The van der Waals surface area contributed by atoms with Gasteiger partial charge in [-0.2, -0.15) is 0 Å². The van der Waals surface area contributed by atoms with E-state index in [-0.39, 0.29) is 82.7 Å². The fraction of sp³-hybridized carbons (Fsp3) is 0.844. The lowest BCUT2D eigenvalue weighted by Crippen LogP contribution is -2.65. The first-order valence-electron chi connectivity index (χ1n) is 21.3. The number of carboxylic acid groups (broad SMARTS) is 2. The van der Waals surface area contributed by atoms with Crippen molar-refractivity contribution >= 4 is 29.7 Å². The second-order valence-electron chi connectivity index (χ2n) is 21.4. The van der Waals surface area contributed by atoms with E-state index in [9.17, 15) is 29.1 Å². The van der Waals surface area contributed by atoms with Crippen molar-refractivity contribution < 1.29 is 38.9 Å². The number of esters is 1. The van der Waals surface area contributed by atoms with Gasteiger partial charge >= 0.3 is 17.9 Å². The van der Waals surface area contributed by atoms with E-state index >= 15 is 0 Å². The number of amides is 2. The van der Waals surface area contributed by atoms with Gasteiger partial charge in [0.15, 0.2) is 0 Å². The number of hydrogen-bond acceptors (Lipinski definition) is 6. The zero-order valence-electron chi connectivity index (χ0n) is 35.5. The molecule has 2 amide bonds. The van der Waals surface area contributed by atoms with E-state index in [2.05, 4.69) is 65.2 Å². The van der Waals surface area contributed by atoms with E-state index in [1.54, 1.807) is 0 Å². The second-order valence-corrected chi connectivity index (χ2v) is 21.4. The van der Waals surface area contributed by atoms with Crippen molar-refractivity contribution in [2.75, 3.05) is 13.1 Å². The van der Waals surface area contributed by atoms with Crippen LogP contribution < -0.4 is 10.6 Å². The Morgan fingerprint density at radius 3 is 2.16 bits per heavy atom. The number of rotatable bonds is 14. The summed E-state index contributed by atoms with van der Waals surface area (Å²) in [5, 5.41) is 23.9. The van der Waals surface area contributed by atoms with Gasteiger partial charge in [0.05, 0.1) is 18.3 Å².